The van der Waals surface area contributed by atoms with Gasteiger partial charge in [-0.2, -0.15) is 5.10 Å². The minimum Gasteiger partial charge on any atom is -0.486 e. The first-order valence-corrected chi connectivity index (χ1v) is 7.67. The van der Waals surface area contributed by atoms with Gasteiger partial charge in [-0.25, -0.2) is 0 Å². The SMILES string of the molecule is Cn1nccc1C(=O)/C=C\c1ccc(COc2ccc(Cl)cc2)o1. The number of nitrogens with zero attached hydrogens (tertiary/aromatic N) is 2. The second-order valence-electron chi connectivity index (χ2n) is 5.08. The van der Waals surface area contributed by atoms with Crippen LogP contribution in [-0.2, 0) is 13.7 Å². The molecule has 0 aliphatic rings. The molecule has 0 aliphatic heterocycles. The van der Waals surface area contributed by atoms with Crippen LogP contribution in [0.4, 0.5) is 0 Å². The monoisotopic (exact) mass is 342 g/mol. The van der Waals surface area contributed by atoms with Crippen LogP contribution in [0.2, 0.25) is 5.02 Å². The summed E-state index contributed by atoms with van der Waals surface area (Å²) in [5.74, 6) is 1.82. The van der Waals surface area contributed by atoms with Crippen molar-refractivity contribution in [3.63, 3.8) is 0 Å². The van der Waals surface area contributed by atoms with E-state index >= 15 is 0 Å². The number of benzene rings is 1. The molecule has 0 aliphatic carbocycles. The van der Waals surface area contributed by atoms with Crippen molar-refractivity contribution in [2.24, 2.45) is 7.05 Å². The molecule has 5 nitrogen and oxygen atoms in total. The highest BCUT2D eigenvalue weighted by atomic mass is 35.5. The normalized spacial score (nSPS) is 11.1. The summed E-state index contributed by atoms with van der Waals surface area (Å²) in [6, 6.07) is 12.4. The van der Waals surface area contributed by atoms with Crippen LogP contribution in [0.1, 0.15) is 22.0 Å². The van der Waals surface area contributed by atoms with Gasteiger partial charge in [-0.1, -0.05) is 11.6 Å². The fraction of sp³-hybridized carbons (Fsp3) is 0.111. The first kappa shape index (κ1) is 16.1. The number of aromatic nitrogens is 2. The molecule has 0 saturated heterocycles. The van der Waals surface area contributed by atoms with Crippen LogP contribution in [0.25, 0.3) is 6.08 Å². The van der Waals surface area contributed by atoms with Crippen LogP contribution in [0.15, 0.2) is 59.2 Å². The second kappa shape index (κ2) is 7.19. The van der Waals surface area contributed by atoms with Gasteiger partial charge < -0.3 is 9.15 Å². The standard InChI is InChI=1S/C18H15ClN2O3/c1-21-17(10-11-20-21)18(22)9-8-15-6-7-16(24-15)12-23-14-4-2-13(19)3-5-14/h2-11H,12H2,1H3/b9-8-. The first-order chi connectivity index (χ1) is 11.6. The Balaban J connectivity index is 1.59. The summed E-state index contributed by atoms with van der Waals surface area (Å²) in [6.07, 6.45) is 4.67. The number of allylic oxidation sites excluding steroid dienone is 1. The molecule has 0 bridgehead atoms. The highest BCUT2D eigenvalue weighted by Gasteiger charge is 2.07. The molecule has 3 aromatic rings. The maximum atomic E-state index is 12.0. The molecule has 0 fully saturated rings. The van der Waals surface area contributed by atoms with Crippen molar-refractivity contribution in [1.29, 1.82) is 0 Å². The molecular formula is C18H15ClN2O3. The Labute approximate surface area is 144 Å². The maximum Gasteiger partial charge on any atom is 0.203 e. The Bertz CT molecular complexity index is 863. The number of hydrogen-bond acceptors (Lipinski definition) is 4. The average molecular weight is 343 g/mol. The molecule has 2 aromatic heterocycles. The quantitative estimate of drug-likeness (QED) is 0.499. The van der Waals surface area contributed by atoms with Gasteiger partial charge in [-0.15, -0.1) is 0 Å². The molecule has 122 valence electrons. The summed E-state index contributed by atoms with van der Waals surface area (Å²) in [5, 5.41) is 4.63. The van der Waals surface area contributed by atoms with Gasteiger partial charge in [0.05, 0.1) is 0 Å². The van der Waals surface area contributed by atoms with Gasteiger partial charge >= 0.3 is 0 Å². The summed E-state index contributed by atoms with van der Waals surface area (Å²) in [5.41, 5.74) is 0.518. The number of ketones is 1. The average Bonchev–Trinajstić information content (AvgIpc) is 3.21. The summed E-state index contributed by atoms with van der Waals surface area (Å²) in [6.45, 7) is 0.297. The summed E-state index contributed by atoms with van der Waals surface area (Å²) < 4.78 is 12.7. The Morgan fingerprint density at radius 1 is 1.25 bits per heavy atom. The fourth-order valence-corrected chi connectivity index (χ4v) is 2.23. The van der Waals surface area contributed by atoms with E-state index in [4.69, 9.17) is 20.8 Å². The lowest BCUT2D eigenvalue weighted by Crippen LogP contribution is -2.03. The number of rotatable bonds is 6. The van der Waals surface area contributed by atoms with Crippen molar-refractivity contribution in [2.75, 3.05) is 0 Å². The molecule has 2 heterocycles. The number of halogens is 1. The Morgan fingerprint density at radius 3 is 2.75 bits per heavy atom. The van der Waals surface area contributed by atoms with Gasteiger partial charge in [0.2, 0.25) is 5.78 Å². The number of carbonyl (C=O) groups excluding carboxylic acids is 1. The lowest BCUT2D eigenvalue weighted by atomic mass is 10.2. The maximum absolute atomic E-state index is 12.0. The molecule has 0 spiro atoms. The number of carbonyl (C=O) groups is 1. The lowest BCUT2D eigenvalue weighted by Gasteiger charge is -2.03. The second-order valence-corrected chi connectivity index (χ2v) is 5.52. The van der Waals surface area contributed by atoms with Gasteiger partial charge in [0.15, 0.2) is 0 Å². The third-order valence-electron chi connectivity index (χ3n) is 3.35. The van der Waals surface area contributed by atoms with Crippen LogP contribution in [0.5, 0.6) is 5.75 Å². The number of aryl methyl sites for hydroxylation is 1. The third-order valence-corrected chi connectivity index (χ3v) is 3.60. The highest BCUT2D eigenvalue weighted by Crippen LogP contribution is 2.18. The van der Waals surface area contributed by atoms with Gasteiger partial charge in [0.1, 0.15) is 29.6 Å². The number of ether oxygens (including phenoxy) is 1. The number of hydrogen-bond donors (Lipinski definition) is 0. The predicted molar refractivity (Wildman–Crippen MR) is 91.1 cm³/mol. The molecule has 0 amide bonds. The minimum atomic E-state index is -0.134. The predicted octanol–water partition coefficient (Wildman–Crippen LogP) is 4.14. The van der Waals surface area contributed by atoms with E-state index in [9.17, 15) is 4.79 Å². The minimum absolute atomic E-state index is 0.134. The van der Waals surface area contributed by atoms with E-state index in [0.717, 1.165) is 0 Å². The Kier molecular flexibility index (Phi) is 4.82. The molecule has 24 heavy (non-hydrogen) atoms. The molecule has 6 heteroatoms. The molecular weight excluding hydrogens is 328 g/mol. The van der Waals surface area contributed by atoms with Crippen molar-refractivity contribution in [3.8, 4) is 5.75 Å². The Morgan fingerprint density at radius 2 is 2.04 bits per heavy atom. The van der Waals surface area contributed by atoms with Gasteiger partial charge in [0.25, 0.3) is 0 Å². The van der Waals surface area contributed by atoms with E-state index in [0.29, 0.717) is 34.6 Å². The largest absolute Gasteiger partial charge is 0.486 e. The first-order valence-electron chi connectivity index (χ1n) is 7.29. The van der Waals surface area contributed by atoms with Crippen LogP contribution in [0.3, 0.4) is 0 Å². The van der Waals surface area contributed by atoms with Crippen LogP contribution in [0, 0.1) is 0 Å². The topological polar surface area (TPSA) is 57.3 Å². The third kappa shape index (κ3) is 3.94. The lowest BCUT2D eigenvalue weighted by molar-refractivity contribution is 0.103. The van der Waals surface area contributed by atoms with E-state index < -0.39 is 0 Å². The zero-order valence-electron chi connectivity index (χ0n) is 13.0. The van der Waals surface area contributed by atoms with Crippen molar-refractivity contribution in [3.05, 3.63) is 77.0 Å². The van der Waals surface area contributed by atoms with Crippen molar-refractivity contribution in [2.45, 2.75) is 6.61 Å². The van der Waals surface area contributed by atoms with Crippen molar-refractivity contribution < 1.29 is 13.9 Å². The van der Waals surface area contributed by atoms with E-state index in [-0.39, 0.29) is 5.78 Å². The summed E-state index contributed by atoms with van der Waals surface area (Å²) in [4.78, 5) is 12.0. The molecule has 3 rings (SSSR count). The molecule has 0 N–H and O–H groups in total. The summed E-state index contributed by atoms with van der Waals surface area (Å²) in [7, 11) is 1.72. The fourth-order valence-electron chi connectivity index (χ4n) is 2.11. The van der Waals surface area contributed by atoms with E-state index in [1.807, 2.05) is 6.07 Å². The Hall–Kier alpha value is -2.79. The van der Waals surface area contributed by atoms with Gasteiger partial charge in [-0.3, -0.25) is 9.48 Å². The molecule has 0 atom stereocenters. The number of furan rings is 1. The van der Waals surface area contributed by atoms with Gasteiger partial charge in [-0.05, 0) is 54.6 Å². The zero-order valence-corrected chi connectivity index (χ0v) is 13.7. The molecule has 1 aromatic carbocycles. The van der Waals surface area contributed by atoms with E-state index in [2.05, 4.69) is 5.10 Å². The van der Waals surface area contributed by atoms with Crippen molar-refractivity contribution >= 4 is 23.5 Å². The van der Waals surface area contributed by atoms with E-state index in [1.54, 1.807) is 55.7 Å². The smallest absolute Gasteiger partial charge is 0.203 e. The molecule has 0 unspecified atom stereocenters. The highest BCUT2D eigenvalue weighted by molar-refractivity contribution is 6.30. The van der Waals surface area contributed by atoms with Crippen LogP contribution < -0.4 is 4.74 Å². The molecule has 0 radical (unpaired) electrons. The van der Waals surface area contributed by atoms with Gasteiger partial charge in [0, 0.05) is 18.3 Å². The summed E-state index contributed by atoms with van der Waals surface area (Å²) >= 11 is 5.82. The zero-order chi connectivity index (χ0) is 16.9. The van der Waals surface area contributed by atoms with Crippen LogP contribution in [-0.4, -0.2) is 15.6 Å². The molecule has 0 saturated carbocycles. The van der Waals surface area contributed by atoms with E-state index in [1.165, 1.54) is 10.8 Å². The van der Waals surface area contributed by atoms with Crippen LogP contribution >= 0.6 is 11.6 Å². The van der Waals surface area contributed by atoms with Crippen molar-refractivity contribution in [1.82, 2.24) is 9.78 Å².